The zero-order valence-electron chi connectivity index (χ0n) is 17.0. The molecule has 0 unspecified atom stereocenters. The third-order valence-electron chi connectivity index (χ3n) is 5.40. The van der Waals surface area contributed by atoms with Crippen LogP contribution in [0.4, 0.5) is 0 Å². The molecule has 4 rings (SSSR count). The summed E-state index contributed by atoms with van der Waals surface area (Å²) in [5.74, 6) is 0.850. The summed E-state index contributed by atoms with van der Waals surface area (Å²) in [5.41, 5.74) is 4.49. The normalized spacial score (nSPS) is 18.7. The Morgan fingerprint density at radius 1 is 1.10 bits per heavy atom. The van der Waals surface area contributed by atoms with Gasteiger partial charge in [-0.2, -0.15) is 0 Å². The molecule has 0 aliphatic carbocycles. The molecule has 2 aromatic heterocycles. The van der Waals surface area contributed by atoms with E-state index in [9.17, 15) is 0 Å². The molecule has 5 nitrogen and oxygen atoms in total. The van der Waals surface area contributed by atoms with Crippen LogP contribution in [0.3, 0.4) is 0 Å². The number of aryl methyl sites for hydroxylation is 1. The number of rotatable bonds is 6. The van der Waals surface area contributed by atoms with Crippen molar-refractivity contribution < 1.29 is 4.74 Å². The molecule has 1 fully saturated rings. The number of benzene rings is 1. The van der Waals surface area contributed by atoms with Gasteiger partial charge in [-0.25, -0.2) is 0 Å². The molecular formula is C23H26N4OS. The van der Waals surface area contributed by atoms with Crippen LogP contribution in [-0.2, 0) is 0 Å². The minimum atomic E-state index is 0.00143. The van der Waals surface area contributed by atoms with E-state index in [-0.39, 0.29) is 12.1 Å². The van der Waals surface area contributed by atoms with Crippen molar-refractivity contribution >= 4 is 17.3 Å². The van der Waals surface area contributed by atoms with Crippen LogP contribution < -0.4 is 10.1 Å². The maximum atomic E-state index is 5.72. The van der Waals surface area contributed by atoms with Gasteiger partial charge >= 0.3 is 0 Å². The summed E-state index contributed by atoms with van der Waals surface area (Å²) in [6, 6.07) is 18.7. The lowest BCUT2D eigenvalue weighted by molar-refractivity contribution is 0.308. The number of thiocarbonyl (C=S) groups is 1. The minimum Gasteiger partial charge on any atom is -0.497 e. The Morgan fingerprint density at radius 2 is 1.90 bits per heavy atom. The van der Waals surface area contributed by atoms with E-state index in [0.29, 0.717) is 0 Å². The first-order valence-corrected chi connectivity index (χ1v) is 10.4. The second-order valence-electron chi connectivity index (χ2n) is 7.25. The lowest BCUT2D eigenvalue weighted by Crippen LogP contribution is -2.31. The Kier molecular flexibility index (Phi) is 5.53. The predicted octanol–water partition coefficient (Wildman–Crippen LogP) is 4.57. The molecule has 0 bridgehead atoms. The van der Waals surface area contributed by atoms with Gasteiger partial charge in [0.05, 0.1) is 24.9 Å². The van der Waals surface area contributed by atoms with E-state index in [2.05, 4.69) is 63.9 Å². The lowest BCUT2D eigenvalue weighted by Gasteiger charge is -2.29. The fourth-order valence-corrected chi connectivity index (χ4v) is 4.41. The topological polar surface area (TPSA) is 42.3 Å². The van der Waals surface area contributed by atoms with Crippen LogP contribution in [0.15, 0.2) is 60.8 Å². The van der Waals surface area contributed by atoms with Crippen LogP contribution in [0.25, 0.3) is 5.69 Å². The summed E-state index contributed by atoms with van der Waals surface area (Å²) in [4.78, 5) is 6.92. The molecule has 0 amide bonds. The van der Waals surface area contributed by atoms with Crippen LogP contribution in [0.2, 0.25) is 0 Å². The van der Waals surface area contributed by atoms with Gasteiger partial charge < -0.3 is 19.5 Å². The van der Waals surface area contributed by atoms with E-state index in [1.165, 1.54) is 11.4 Å². The fraction of sp³-hybridized carbons (Fsp3) is 0.304. The fourth-order valence-electron chi connectivity index (χ4n) is 4.08. The van der Waals surface area contributed by atoms with Crippen LogP contribution in [0, 0.1) is 6.92 Å². The summed E-state index contributed by atoms with van der Waals surface area (Å²) < 4.78 is 7.64. The van der Waals surface area contributed by atoms with Crippen molar-refractivity contribution in [2.45, 2.75) is 32.4 Å². The monoisotopic (exact) mass is 406 g/mol. The van der Waals surface area contributed by atoms with E-state index >= 15 is 0 Å². The van der Waals surface area contributed by atoms with Gasteiger partial charge in [0, 0.05) is 29.8 Å². The van der Waals surface area contributed by atoms with Crippen molar-refractivity contribution in [3.05, 3.63) is 77.9 Å². The zero-order valence-corrected chi connectivity index (χ0v) is 17.8. The van der Waals surface area contributed by atoms with Gasteiger partial charge in [-0.15, -0.1) is 0 Å². The lowest BCUT2D eigenvalue weighted by atomic mass is 10.0. The molecular weight excluding hydrogens is 380 g/mol. The van der Waals surface area contributed by atoms with E-state index in [0.717, 1.165) is 35.2 Å². The number of hydrogen-bond acceptors (Lipinski definition) is 3. The number of nitrogens with zero attached hydrogens (tertiary/aromatic N) is 3. The smallest absolute Gasteiger partial charge is 0.170 e. The molecule has 2 atom stereocenters. The number of pyridine rings is 1. The van der Waals surface area contributed by atoms with Gasteiger partial charge in [-0.1, -0.05) is 13.0 Å². The third kappa shape index (κ3) is 3.60. The number of nitrogens with one attached hydrogen (secondary N) is 1. The molecule has 1 aliphatic heterocycles. The van der Waals surface area contributed by atoms with Crippen molar-refractivity contribution in [2.75, 3.05) is 13.7 Å². The molecule has 3 heterocycles. The number of aromatic nitrogens is 2. The molecule has 1 N–H and O–H groups in total. The molecule has 0 radical (unpaired) electrons. The highest BCUT2D eigenvalue weighted by molar-refractivity contribution is 7.80. The van der Waals surface area contributed by atoms with Gasteiger partial charge in [-0.3, -0.25) is 4.98 Å². The first-order valence-electron chi connectivity index (χ1n) is 9.94. The summed E-state index contributed by atoms with van der Waals surface area (Å²) in [6.07, 6.45) is 2.86. The van der Waals surface area contributed by atoms with E-state index in [4.69, 9.17) is 17.0 Å². The number of methoxy groups -OCH3 is 1. The summed E-state index contributed by atoms with van der Waals surface area (Å²) in [6.45, 7) is 5.21. The number of hydrogen-bond donors (Lipinski definition) is 1. The maximum Gasteiger partial charge on any atom is 0.170 e. The maximum absolute atomic E-state index is 5.72. The minimum absolute atomic E-state index is 0.00143. The second-order valence-corrected chi connectivity index (χ2v) is 7.64. The Labute approximate surface area is 177 Å². The summed E-state index contributed by atoms with van der Waals surface area (Å²) in [7, 11) is 1.69. The van der Waals surface area contributed by atoms with Crippen molar-refractivity contribution in [2.24, 2.45) is 0 Å². The molecule has 150 valence electrons. The van der Waals surface area contributed by atoms with E-state index in [1.54, 1.807) is 7.11 Å². The highest BCUT2D eigenvalue weighted by Gasteiger charge is 2.41. The van der Waals surface area contributed by atoms with Crippen LogP contribution in [0.1, 0.15) is 42.5 Å². The third-order valence-corrected chi connectivity index (χ3v) is 5.75. The van der Waals surface area contributed by atoms with Crippen molar-refractivity contribution in [3.8, 4) is 11.4 Å². The predicted molar refractivity (Wildman–Crippen MR) is 120 cm³/mol. The Bertz CT molecular complexity index is 984. The highest BCUT2D eigenvalue weighted by Crippen LogP contribution is 2.40. The van der Waals surface area contributed by atoms with Crippen molar-refractivity contribution in [1.82, 2.24) is 19.8 Å². The average Bonchev–Trinajstić information content (AvgIpc) is 3.29. The first kappa shape index (κ1) is 19.5. The van der Waals surface area contributed by atoms with Crippen LogP contribution in [0.5, 0.6) is 5.75 Å². The average molecular weight is 407 g/mol. The Balaban J connectivity index is 1.82. The van der Waals surface area contributed by atoms with Crippen LogP contribution >= 0.6 is 12.2 Å². The molecule has 29 heavy (non-hydrogen) atoms. The quantitative estimate of drug-likeness (QED) is 0.607. The SMILES string of the molecule is CCCN1C(=S)N[C@H](c2ccccn2)[C@@H]1c1ccc(C)n1-c1ccc(OC)cc1. The first-order chi connectivity index (χ1) is 14.1. The van der Waals surface area contributed by atoms with Gasteiger partial charge in [0.2, 0.25) is 0 Å². The second kappa shape index (κ2) is 8.25. The van der Waals surface area contributed by atoms with Crippen molar-refractivity contribution in [1.29, 1.82) is 0 Å². The molecule has 3 aromatic rings. The van der Waals surface area contributed by atoms with Crippen LogP contribution in [-0.4, -0.2) is 33.2 Å². The van der Waals surface area contributed by atoms with Gasteiger partial charge in [0.1, 0.15) is 5.75 Å². The summed E-state index contributed by atoms with van der Waals surface area (Å²) >= 11 is 5.72. The van der Waals surface area contributed by atoms with Gasteiger partial charge in [-0.05, 0) is 74.1 Å². The van der Waals surface area contributed by atoms with Gasteiger partial charge in [0.25, 0.3) is 0 Å². The molecule has 1 aliphatic rings. The largest absolute Gasteiger partial charge is 0.497 e. The Hall–Kier alpha value is -2.86. The molecule has 0 saturated carbocycles. The standard InChI is InChI=1S/C23H26N4OS/c1-4-15-26-22(21(25-23(26)29)19-7-5-6-14-24-19)20-13-8-16(2)27(20)17-9-11-18(28-3)12-10-17/h5-14,21-22H,4,15H2,1-3H3,(H,25,29)/t21-,22+/m1/s1. The summed E-state index contributed by atoms with van der Waals surface area (Å²) in [5, 5.41) is 4.31. The van der Waals surface area contributed by atoms with Gasteiger partial charge in [0.15, 0.2) is 5.11 Å². The van der Waals surface area contributed by atoms with E-state index in [1.807, 2.05) is 30.5 Å². The molecule has 0 spiro atoms. The molecule has 6 heteroatoms. The zero-order chi connectivity index (χ0) is 20.4. The molecule has 1 saturated heterocycles. The number of ether oxygens (including phenoxy) is 1. The van der Waals surface area contributed by atoms with E-state index < -0.39 is 0 Å². The Morgan fingerprint density at radius 3 is 2.55 bits per heavy atom. The highest BCUT2D eigenvalue weighted by atomic mass is 32.1. The van der Waals surface area contributed by atoms with Crippen molar-refractivity contribution in [3.63, 3.8) is 0 Å². The molecule has 1 aromatic carbocycles.